The number of hydrogen-bond donors (Lipinski definition) is 0. The number of halogens is 1. The van der Waals surface area contributed by atoms with E-state index in [4.69, 9.17) is 4.52 Å². The molecule has 2 rings (SSSR count). The first-order valence-electron chi connectivity index (χ1n) is 5.22. The molecule has 3 nitrogen and oxygen atoms in total. The van der Waals surface area contributed by atoms with Gasteiger partial charge in [-0.15, -0.1) is 0 Å². The van der Waals surface area contributed by atoms with Gasteiger partial charge in [-0.2, -0.15) is 4.98 Å². The maximum atomic E-state index is 5.16. The first-order valence-corrected chi connectivity index (χ1v) is 6.01. The Hall–Kier alpha value is -1.16. The summed E-state index contributed by atoms with van der Waals surface area (Å²) in [5.41, 5.74) is 1.17. The molecule has 1 aromatic heterocycles. The molecule has 84 valence electrons. The van der Waals surface area contributed by atoms with Gasteiger partial charge in [-0.1, -0.05) is 47.1 Å². The van der Waals surface area contributed by atoms with Crippen molar-refractivity contribution in [2.24, 2.45) is 0 Å². The minimum Gasteiger partial charge on any atom is -0.339 e. The van der Waals surface area contributed by atoms with Gasteiger partial charge >= 0.3 is 0 Å². The Bertz CT molecular complexity index is 479. The van der Waals surface area contributed by atoms with E-state index in [1.807, 2.05) is 26.0 Å². The van der Waals surface area contributed by atoms with E-state index in [1.54, 1.807) is 0 Å². The van der Waals surface area contributed by atoms with E-state index < -0.39 is 0 Å². The van der Waals surface area contributed by atoms with Crippen molar-refractivity contribution in [3.63, 3.8) is 0 Å². The average molecular weight is 281 g/mol. The monoisotopic (exact) mass is 280 g/mol. The normalized spacial score (nSPS) is 11.0. The van der Waals surface area contributed by atoms with Crippen LogP contribution in [0.25, 0.3) is 0 Å². The first kappa shape index (κ1) is 11.3. The lowest BCUT2D eigenvalue weighted by molar-refractivity contribution is 0.361. The van der Waals surface area contributed by atoms with Gasteiger partial charge in [-0.05, 0) is 17.7 Å². The molecule has 0 unspecified atom stereocenters. The third-order valence-electron chi connectivity index (χ3n) is 2.23. The Morgan fingerprint density at radius 3 is 2.81 bits per heavy atom. The highest BCUT2D eigenvalue weighted by Gasteiger charge is 2.10. The molecular formula is C12H13BrN2O. The predicted octanol–water partition coefficient (Wildman–Crippen LogP) is 3.55. The molecule has 4 heteroatoms. The Morgan fingerprint density at radius 1 is 1.38 bits per heavy atom. The second-order valence-electron chi connectivity index (χ2n) is 4.01. The molecule has 16 heavy (non-hydrogen) atoms. The van der Waals surface area contributed by atoms with E-state index in [2.05, 4.69) is 38.2 Å². The van der Waals surface area contributed by atoms with Gasteiger partial charge in [-0.3, -0.25) is 0 Å². The second kappa shape index (κ2) is 4.78. The van der Waals surface area contributed by atoms with Gasteiger partial charge in [0.25, 0.3) is 0 Å². The van der Waals surface area contributed by atoms with Crippen molar-refractivity contribution >= 4 is 15.9 Å². The van der Waals surface area contributed by atoms with E-state index in [0.29, 0.717) is 12.3 Å². The summed E-state index contributed by atoms with van der Waals surface area (Å²) in [5.74, 6) is 1.72. The Morgan fingerprint density at radius 2 is 2.19 bits per heavy atom. The minimum absolute atomic E-state index is 0.281. The van der Waals surface area contributed by atoms with Crippen molar-refractivity contribution in [3.05, 3.63) is 46.0 Å². The van der Waals surface area contributed by atoms with E-state index in [-0.39, 0.29) is 5.92 Å². The van der Waals surface area contributed by atoms with Gasteiger partial charge in [0.15, 0.2) is 5.82 Å². The van der Waals surface area contributed by atoms with Crippen molar-refractivity contribution in [1.82, 2.24) is 10.1 Å². The summed E-state index contributed by atoms with van der Waals surface area (Å²) >= 11 is 3.44. The van der Waals surface area contributed by atoms with Crippen molar-refractivity contribution in [2.45, 2.75) is 26.2 Å². The van der Waals surface area contributed by atoms with Crippen LogP contribution in [0.15, 0.2) is 33.3 Å². The van der Waals surface area contributed by atoms with Crippen LogP contribution in [0.4, 0.5) is 0 Å². The molecule has 0 atom stereocenters. The lowest BCUT2D eigenvalue weighted by Gasteiger charge is -1.97. The average Bonchev–Trinajstić information content (AvgIpc) is 2.66. The Kier molecular flexibility index (Phi) is 3.39. The van der Waals surface area contributed by atoms with Gasteiger partial charge in [0.1, 0.15) is 0 Å². The van der Waals surface area contributed by atoms with E-state index in [0.717, 1.165) is 10.3 Å². The number of aromatic nitrogens is 2. The third kappa shape index (κ3) is 2.70. The maximum absolute atomic E-state index is 5.16. The minimum atomic E-state index is 0.281. The molecule has 0 saturated heterocycles. The summed E-state index contributed by atoms with van der Waals surface area (Å²) in [4.78, 5) is 4.34. The molecule has 1 heterocycles. The predicted molar refractivity (Wildman–Crippen MR) is 65.3 cm³/mol. The zero-order valence-electron chi connectivity index (χ0n) is 9.27. The van der Waals surface area contributed by atoms with Crippen LogP contribution in [-0.2, 0) is 6.42 Å². The molecule has 0 aliphatic rings. The molecule has 0 N–H and O–H groups in total. The molecule has 0 spiro atoms. The fourth-order valence-corrected chi connectivity index (χ4v) is 1.85. The van der Waals surface area contributed by atoms with Crippen LogP contribution in [0.3, 0.4) is 0 Å². The topological polar surface area (TPSA) is 38.9 Å². The molecule has 1 aromatic carbocycles. The van der Waals surface area contributed by atoms with Crippen LogP contribution in [0.1, 0.15) is 37.0 Å². The zero-order valence-corrected chi connectivity index (χ0v) is 10.9. The van der Waals surface area contributed by atoms with Gasteiger partial charge in [-0.25, -0.2) is 0 Å². The largest absolute Gasteiger partial charge is 0.339 e. The quantitative estimate of drug-likeness (QED) is 0.863. The van der Waals surface area contributed by atoms with Crippen LogP contribution in [0.2, 0.25) is 0 Å². The highest BCUT2D eigenvalue weighted by atomic mass is 79.9. The SMILES string of the molecule is CC(C)c1nc(Cc2cccc(Br)c2)no1. The molecule has 0 radical (unpaired) electrons. The smallest absolute Gasteiger partial charge is 0.229 e. The summed E-state index contributed by atoms with van der Waals surface area (Å²) in [6, 6.07) is 8.11. The fourth-order valence-electron chi connectivity index (χ4n) is 1.40. The molecule has 0 saturated carbocycles. The highest BCUT2D eigenvalue weighted by Crippen LogP contribution is 2.16. The number of hydrogen-bond acceptors (Lipinski definition) is 3. The number of benzene rings is 1. The van der Waals surface area contributed by atoms with E-state index in [9.17, 15) is 0 Å². The van der Waals surface area contributed by atoms with Gasteiger partial charge in [0.05, 0.1) is 0 Å². The highest BCUT2D eigenvalue weighted by molar-refractivity contribution is 9.10. The van der Waals surface area contributed by atoms with Crippen LogP contribution >= 0.6 is 15.9 Å². The summed E-state index contributed by atoms with van der Waals surface area (Å²) in [6.07, 6.45) is 0.704. The molecule has 0 amide bonds. The van der Waals surface area contributed by atoms with Gasteiger partial charge in [0.2, 0.25) is 5.89 Å². The molecule has 2 aromatic rings. The van der Waals surface area contributed by atoms with E-state index >= 15 is 0 Å². The molecule has 0 fully saturated rings. The lowest BCUT2D eigenvalue weighted by Crippen LogP contribution is -1.92. The summed E-state index contributed by atoms with van der Waals surface area (Å²) in [5, 5.41) is 3.96. The number of nitrogens with zero attached hydrogens (tertiary/aromatic N) is 2. The van der Waals surface area contributed by atoms with Crippen LogP contribution in [-0.4, -0.2) is 10.1 Å². The first-order chi connectivity index (χ1) is 7.65. The van der Waals surface area contributed by atoms with Crippen LogP contribution < -0.4 is 0 Å². The molecular weight excluding hydrogens is 268 g/mol. The van der Waals surface area contributed by atoms with Gasteiger partial charge < -0.3 is 4.52 Å². The van der Waals surface area contributed by atoms with Gasteiger partial charge in [0, 0.05) is 16.8 Å². The molecule has 0 bridgehead atoms. The maximum Gasteiger partial charge on any atom is 0.229 e. The summed E-state index contributed by atoms with van der Waals surface area (Å²) in [6.45, 7) is 4.08. The Labute approximate surface area is 103 Å². The van der Waals surface area contributed by atoms with Crippen molar-refractivity contribution in [1.29, 1.82) is 0 Å². The lowest BCUT2D eigenvalue weighted by atomic mass is 10.1. The van der Waals surface area contributed by atoms with Crippen molar-refractivity contribution < 1.29 is 4.52 Å². The standard InChI is InChI=1S/C12H13BrN2O/c1-8(2)12-14-11(15-16-12)7-9-4-3-5-10(13)6-9/h3-6,8H,7H2,1-2H3. The molecule has 0 aliphatic heterocycles. The fraction of sp³-hybridized carbons (Fsp3) is 0.333. The van der Waals surface area contributed by atoms with Crippen LogP contribution in [0.5, 0.6) is 0 Å². The second-order valence-corrected chi connectivity index (χ2v) is 4.93. The summed E-state index contributed by atoms with van der Waals surface area (Å²) < 4.78 is 6.22. The van der Waals surface area contributed by atoms with Crippen molar-refractivity contribution in [3.8, 4) is 0 Å². The summed E-state index contributed by atoms with van der Waals surface area (Å²) in [7, 11) is 0. The Balaban J connectivity index is 2.14. The van der Waals surface area contributed by atoms with Crippen molar-refractivity contribution in [2.75, 3.05) is 0 Å². The zero-order chi connectivity index (χ0) is 11.5. The van der Waals surface area contributed by atoms with E-state index in [1.165, 1.54) is 5.56 Å². The third-order valence-corrected chi connectivity index (χ3v) is 2.72. The molecule has 0 aliphatic carbocycles. The number of rotatable bonds is 3. The van der Waals surface area contributed by atoms with Crippen LogP contribution in [0, 0.1) is 0 Å².